The first-order valence-electron chi connectivity index (χ1n) is 6.56. The quantitative estimate of drug-likeness (QED) is 0.753. The molecular weight excluding hydrogens is 268 g/mol. The number of aryl methyl sites for hydroxylation is 1. The Morgan fingerprint density at radius 1 is 1.50 bits per heavy atom. The summed E-state index contributed by atoms with van der Waals surface area (Å²) in [5.74, 6) is 0.529. The number of aromatic nitrogens is 1. The number of thiazole rings is 1. The van der Waals surface area contributed by atoms with Crippen LogP contribution in [-0.2, 0) is 17.0 Å². The Hall–Kier alpha value is -0.160. The molecule has 102 valence electrons. The van der Waals surface area contributed by atoms with Crippen LogP contribution in [-0.4, -0.2) is 42.7 Å². The molecule has 2 heterocycles. The van der Waals surface area contributed by atoms with E-state index in [4.69, 9.17) is 16.3 Å². The monoisotopic (exact) mass is 288 g/mol. The summed E-state index contributed by atoms with van der Waals surface area (Å²) in [5.41, 5.74) is 1.01. The van der Waals surface area contributed by atoms with Gasteiger partial charge in [0.2, 0.25) is 0 Å². The van der Waals surface area contributed by atoms with Crippen LogP contribution in [0, 0.1) is 0 Å². The Bertz CT molecular complexity index is 351. The number of rotatable bonds is 6. The van der Waals surface area contributed by atoms with E-state index in [2.05, 4.69) is 15.3 Å². The van der Waals surface area contributed by atoms with Gasteiger partial charge in [0.25, 0.3) is 0 Å². The van der Waals surface area contributed by atoms with Crippen LogP contribution in [0.2, 0.25) is 0 Å². The fourth-order valence-corrected chi connectivity index (χ4v) is 3.42. The van der Waals surface area contributed by atoms with Crippen molar-refractivity contribution < 1.29 is 4.74 Å². The number of likely N-dealkylation sites (tertiary alicyclic amines) is 1. The molecule has 0 aromatic carbocycles. The first-order chi connectivity index (χ1) is 8.81. The summed E-state index contributed by atoms with van der Waals surface area (Å²) in [4.78, 5) is 7.02. The zero-order valence-corrected chi connectivity index (χ0v) is 12.5. The summed E-state index contributed by atoms with van der Waals surface area (Å²) in [7, 11) is 1.82. The van der Waals surface area contributed by atoms with Crippen molar-refractivity contribution >= 4 is 22.9 Å². The summed E-state index contributed by atoms with van der Waals surface area (Å²) in [6.07, 6.45) is 5.08. The molecule has 0 aliphatic carbocycles. The number of hydrogen-bond donors (Lipinski definition) is 0. The molecule has 0 radical (unpaired) electrons. The summed E-state index contributed by atoms with van der Waals surface area (Å²) in [5, 5.41) is 3.28. The van der Waals surface area contributed by atoms with E-state index < -0.39 is 0 Å². The number of halogens is 1. The molecule has 1 aliphatic heterocycles. The molecule has 0 saturated carbocycles. The van der Waals surface area contributed by atoms with Crippen LogP contribution >= 0.6 is 22.9 Å². The topological polar surface area (TPSA) is 25.4 Å². The summed E-state index contributed by atoms with van der Waals surface area (Å²) in [6, 6.07) is 0. The molecule has 18 heavy (non-hydrogen) atoms. The Balaban J connectivity index is 1.63. The molecule has 1 aliphatic rings. The lowest BCUT2D eigenvalue weighted by molar-refractivity contribution is 0.0409. The first kappa shape index (κ1) is 14.3. The smallest absolute Gasteiger partial charge is 0.0929 e. The molecule has 0 N–H and O–H groups in total. The Labute approximate surface area is 118 Å². The number of hydrogen-bond acceptors (Lipinski definition) is 4. The van der Waals surface area contributed by atoms with Gasteiger partial charge in [-0.1, -0.05) is 0 Å². The van der Waals surface area contributed by atoms with Crippen LogP contribution in [0.25, 0.3) is 0 Å². The van der Waals surface area contributed by atoms with E-state index >= 15 is 0 Å². The highest BCUT2D eigenvalue weighted by atomic mass is 35.5. The van der Waals surface area contributed by atoms with Crippen molar-refractivity contribution in [2.24, 2.45) is 0 Å². The second-order valence-corrected chi connectivity index (χ2v) is 5.96. The van der Waals surface area contributed by atoms with Crippen molar-refractivity contribution in [2.45, 2.75) is 37.7 Å². The third-order valence-corrected chi connectivity index (χ3v) is 4.70. The molecule has 1 fully saturated rings. The minimum Gasteiger partial charge on any atom is -0.381 e. The van der Waals surface area contributed by atoms with E-state index in [-0.39, 0.29) is 0 Å². The fourth-order valence-electron chi connectivity index (χ4n) is 2.35. The number of piperidine rings is 1. The molecule has 0 atom stereocenters. The van der Waals surface area contributed by atoms with E-state index in [0.29, 0.717) is 12.0 Å². The number of nitrogens with zero attached hydrogens (tertiary/aromatic N) is 2. The van der Waals surface area contributed by atoms with E-state index in [1.165, 1.54) is 43.9 Å². The van der Waals surface area contributed by atoms with Crippen LogP contribution in [0.3, 0.4) is 0 Å². The van der Waals surface area contributed by atoms with E-state index in [9.17, 15) is 0 Å². The first-order valence-corrected chi connectivity index (χ1v) is 7.97. The van der Waals surface area contributed by atoms with Gasteiger partial charge in [-0.3, -0.25) is 0 Å². The van der Waals surface area contributed by atoms with Gasteiger partial charge in [0.1, 0.15) is 0 Å². The minimum atomic E-state index is 0.478. The molecule has 1 aromatic heterocycles. The molecule has 0 amide bonds. The van der Waals surface area contributed by atoms with Crippen molar-refractivity contribution in [3.8, 4) is 0 Å². The lowest BCUT2D eigenvalue weighted by atomic mass is 10.1. The predicted octanol–water partition coefficient (Wildman–Crippen LogP) is 2.93. The highest BCUT2D eigenvalue weighted by Gasteiger charge is 2.17. The van der Waals surface area contributed by atoms with Crippen molar-refractivity contribution in [2.75, 3.05) is 26.7 Å². The lowest BCUT2D eigenvalue weighted by Crippen LogP contribution is -2.37. The van der Waals surface area contributed by atoms with Gasteiger partial charge in [-0.2, -0.15) is 0 Å². The van der Waals surface area contributed by atoms with Gasteiger partial charge in [0, 0.05) is 32.0 Å². The minimum absolute atomic E-state index is 0.478. The lowest BCUT2D eigenvalue weighted by Gasteiger charge is -2.30. The van der Waals surface area contributed by atoms with Gasteiger partial charge in [0.15, 0.2) is 0 Å². The Morgan fingerprint density at radius 3 is 2.89 bits per heavy atom. The van der Waals surface area contributed by atoms with Gasteiger partial charge in [0.05, 0.1) is 22.7 Å². The van der Waals surface area contributed by atoms with Crippen LogP contribution in [0.15, 0.2) is 5.38 Å². The summed E-state index contributed by atoms with van der Waals surface area (Å²) < 4.78 is 5.38. The standard InChI is InChI=1S/C13H21ClN2OS/c1-17-12-4-7-16(8-5-12)6-2-3-13-15-11(9-14)10-18-13/h10,12H,2-9H2,1H3. The van der Waals surface area contributed by atoms with E-state index in [1.807, 2.05) is 7.11 Å². The maximum absolute atomic E-state index is 5.75. The highest BCUT2D eigenvalue weighted by molar-refractivity contribution is 7.09. The molecule has 0 spiro atoms. The van der Waals surface area contributed by atoms with E-state index in [1.54, 1.807) is 11.3 Å². The van der Waals surface area contributed by atoms with Gasteiger partial charge in [-0.05, 0) is 25.8 Å². The molecule has 1 saturated heterocycles. The third kappa shape index (κ3) is 4.19. The zero-order valence-electron chi connectivity index (χ0n) is 10.9. The molecule has 0 unspecified atom stereocenters. The average Bonchev–Trinajstić information content (AvgIpc) is 2.87. The molecule has 5 heteroatoms. The zero-order chi connectivity index (χ0) is 12.8. The maximum atomic E-state index is 5.75. The predicted molar refractivity (Wildman–Crippen MR) is 76.5 cm³/mol. The number of alkyl halides is 1. The molecule has 1 aromatic rings. The van der Waals surface area contributed by atoms with Gasteiger partial charge >= 0.3 is 0 Å². The second kappa shape index (κ2) is 7.43. The molecular formula is C13H21ClN2OS. The van der Waals surface area contributed by atoms with Crippen molar-refractivity contribution in [1.82, 2.24) is 9.88 Å². The third-order valence-electron chi connectivity index (χ3n) is 3.47. The van der Waals surface area contributed by atoms with Gasteiger partial charge in [-0.25, -0.2) is 4.98 Å². The summed E-state index contributed by atoms with van der Waals surface area (Å²) >= 11 is 7.48. The largest absolute Gasteiger partial charge is 0.381 e. The highest BCUT2D eigenvalue weighted by Crippen LogP contribution is 2.16. The van der Waals surface area contributed by atoms with Crippen LogP contribution in [0.4, 0.5) is 0 Å². The molecule has 0 bridgehead atoms. The van der Waals surface area contributed by atoms with E-state index in [0.717, 1.165) is 12.1 Å². The van der Waals surface area contributed by atoms with Crippen LogP contribution in [0.1, 0.15) is 30.0 Å². The Kier molecular flexibility index (Phi) is 5.89. The second-order valence-electron chi connectivity index (χ2n) is 4.75. The van der Waals surface area contributed by atoms with Gasteiger partial charge in [-0.15, -0.1) is 22.9 Å². The SMILES string of the molecule is COC1CCN(CCCc2nc(CCl)cs2)CC1. The Morgan fingerprint density at radius 2 is 2.28 bits per heavy atom. The van der Waals surface area contributed by atoms with Crippen LogP contribution in [0.5, 0.6) is 0 Å². The summed E-state index contributed by atoms with van der Waals surface area (Å²) in [6.45, 7) is 3.51. The van der Waals surface area contributed by atoms with Crippen molar-refractivity contribution in [3.05, 3.63) is 16.1 Å². The van der Waals surface area contributed by atoms with Crippen molar-refractivity contribution in [3.63, 3.8) is 0 Å². The normalized spacial score (nSPS) is 18.3. The van der Waals surface area contributed by atoms with Gasteiger partial charge < -0.3 is 9.64 Å². The fraction of sp³-hybridized carbons (Fsp3) is 0.769. The molecule has 2 rings (SSSR count). The van der Waals surface area contributed by atoms with Crippen LogP contribution < -0.4 is 0 Å². The maximum Gasteiger partial charge on any atom is 0.0929 e. The van der Waals surface area contributed by atoms with Crippen molar-refractivity contribution in [1.29, 1.82) is 0 Å². The molecule has 3 nitrogen and oxygen atoms in total. The average molecular weight is 289 g/mol. The number of ether oxygens (including phenoxy) is 1. The number of methoxy groups -OCH3 is 1.